The lowest BCUT2D eigenvalue weighted by Gasteiger charge is -2.46. The van der Waals surface area contributed by atoms with Gasteiger partial charge in [0.05, 0.1) is 17.8 Å². The quantitative estimate of drug-likeness (QED) is 0.445. The highest BCUT2D eigenvalue weighted by molar-refractivity contribution is 5.99. The molecule has 2 amide bonds. The number of aromatic amines is 2. The molecule has 1 fully saturated rings. The van der Waals surface area contributed by atoms with Crippen LogP contribution in [-0.2, 0) is 17.6 Å². The second kappa shape index (κ2) is 9.54. The third-order valence-corrected chi connectivity index (χ3v) is 7.92. The summed E-state index contributed by atoms with van der Waals surface area (Å²) in [5, 5.41) is 8.96. The highest BCUT2D eigenvalue weighted by Crippen LogP contribution is 2.38. The lowest BCUT2D eigenvalue weighted by Crippen LogP contribution is -2.62. The van der Waals surface area contributed by atoms with Gasteiger partial charge in [-0.3, -0.25) is 14.8 Å². The number of ether oxygens (including phenoxy) is 1. The minimum Gasteiger partial charge on any atom is -0.449 e. The van der Waals surface area contributed by atoms with Gasteiger partial charge in [0, 0.05) is 47.4 Å². The molecule has 5 rings (SSSR count). The molecule has 1 aliphatic heterocycles. The SMILES string of the molecule is CCCCOC(=O)N1CCN(C(=O)c2ccc3cc(-c4n[nH]c5c4CCC(C)(C)C5)[nH]c3c2)CC1(C)C. The van der Waals surface area contributed by atoms with Crippen molar-refractivity contribution >= 4 is 22.9 Å². The van der Waals surface area contributed by atoms with Crippen LogP contribution >= 0.6 is 0 Å². The van der Waals surface area contributed by atoms with Crippen LogP contribution in [0.5, 0.6) is 0 Å². The normalized spacial score (nSPS) is 18.6. The van der Waals surface area contributed by atoms with Gasteiger partial charge in [0.25, 0.3) is 5.91 Å². The van der Waals surface area contributed by atoms with E-state index < -0.39 is 5.54 Å². The van der Waals surface area contributed by atoms with Crippen LogP contribution < -0.4 is 0 Å². The van der Waals surface area contributed by atoms with Gasteiger partial charge in [-0.15, -0.1) is 0 Å². The Kier molecular flexibility index (Phi) is 6.54. The molecule has 8 heteroatoms. The van der Waals surface area contributed by atoms with Gasteiger partial charge in [0.1, 0.15) is 5.69 Å². The molecule has 1 aliphatic carbocycles. The third-order valence-electron chi connectivity index (χ3n) is 7.92. The Morgan fingerprint density at radius 1 is 1.14 bits per heavy atom. The summed E-state index contributed by atoms with van der Waals surface area (Å²) in [6.45, 7) is 12.5. The first-order valence-corrected chi connectivity index (χ1v) is 13.5. The first kappa shape index (κ1) is 25.4. The highest BCUT2D eigenvalue weighted by atomic mass is 16.6. The number of benzene rings is 1. The monoisotopic (exact) mass is 505 g/mol. The molecule has 8 nitrogen and oxygen atoms in total. The smallest absolute Gasteiger partial charge is 0.410 e. The van der Waals surface area contributed by atoms with Crippen molar-refractivity contribution in [3.8, 4) is 11.4 Å². The molecule has 1 aromatic carbocycles. The van der Waals surface area contributed by atoms with Crippen LogP contribution in [0.3, 0.4) is 0 Å². The molecule has 0 saturated carbocycles. The molecule has 1 saturated heterocycles. The molecule has 2 aliphatic rings. The van der Waals surface area contributed by atoms with Gasteiger partial charge in [-0.05, 0) is 63.1 Å². The summed E-state index contributed by atoms with van der Waals surface area (Å²) in [6, 6.07) is 7.94. The number of unbranched alkanes of at least 4 members (excludes halogenated alkanes) is 1. The van der Waals surface area contributed by atoms with Crippen molar-refractivity contribution in [2.45, 2.75) is 72.3 Å². The summed E-state index contributed by atoms with van der Waals surface area (Å²) in [6.07, 6.45) is 4.71. The number of rotatable bonds is 5. The van der Waals surface area contributed by atoms with Gasteiger partial charge in [0.15, 0.2) is 0 Å². The Balaban J connectivity index is 1.31. The molecular weight excluding hydrogens is 466 g/mol. The van der Waals surface area contributed by atoms with Gasteiger partial charge >= 0.3 is 6.09 Å². The van der Waals surface area contributed by atoms with Crippen molar-refractivity contribution in [1.82, 2.24) is 25.0 Å². The molecule has 0 unspecified atom stereocenters. The first-order chi connectivity index (χ1) is 17.6. The van der Waals surface area contributed by atoms with E-state index in [1.165, 1.54) is 11.3 Å². The van der Waals surface area contributed by atoms with Crippen molar-refractivity contribution in [2.75, 3.05) is 26.2 Å². The van der Waals surface area contributed by atoms with Gasteiger partial charge in [0.2, 0.25) is 0 Å². The largest absolute Gasteiger partial charge is 0.449 e. The topological polar surface area (TPSA) is 94.3 Å². The van der Waals surface area contributed by atoms with E-state index in [0.717, 1.165) is 54.4 Å². The molecule has 0 radical (unpaired) electrons. The lowest BCUT2D eigenvalue weighted by atomic mass is 9.76. The summed E-state index contributed by atoms with van der Waals surface area (Å²) in [7, 11) is 0. The van der Waals surface area contributed by atoms with Crippen molar-refractivity contribution in [3.63, 3.8) is 0 Å². The number of piperazine rings is 1. The Hall–Kier alpha value is -3.29. The molecule has 0 bridgehead atoms. The number of hydrogen-bond acceptors (Lipinski definition) is 4. The number of nitrogens with one attached hydrogen (secondary N) is 2. The predicted molar refractivity (Wildman–Crippen MR) is 145 cm³/mol. The molecule has 2 aromatic heterocycles. The van der Waals surface area contributed by atoms with E-state index in [9.17, 15) is 9.59 Å². The predicted octanol–water partition coefficient (Wildman–Crippen LogP) is 5.55. The first-order valence-electron chi connectivity index (χ1n) is 13.5. The summed E-state index contributed by atoms with van der Waals surface area (Å²) in [5.74, 6) is -0.0236. The molecule has 2 N–H and O–H groups in total. The van der Waals surface area contributed by atoms with Crippen LogP contribution in [0.25, 0.3) is 22.3 Å². The Morgan fingerprint density at radius 2 is 1.95 bits per heavy atom. The standard InChI is InChI=1S/C29H39N5O3/c1-6-7-14-37-27(36)34-13-12-33(18-29(34,4)5)26(35)20-9-8-19-15-23(30-22(19)16-20)25-21-10-11-28(2,3)17-24(21)31-32-25/h8-9,15-16,30H,6-7,10-14,17-18H2,1-5H3,(H,31,32). The van der Waals surface area contributed by atoms with Gasteiger partial charge in [-0.2, -0.15) is 5.10 Å². The zero-order chi connectivity index (χ0) is 26.4. The van der Waals surface area contributed by atoms with E-state index in [2.05, 4.69) is 42.0 Å². The number of hydrogen-bond donors (Lipinski definition) is 2. The van der Waals surface area contributed by atoms with Crippen molar-refractivity contribution in [2.24, 2.45) is 5.41 Å². The van der Waals surface area contributed by atoms with Crippen molar-refractivity contribution < 1.29 is 14.3 Å². The summed E-state index contributed by atoms with van der Waals surface area (Å²) >= 11 is 0. The summed E-state index contributed by atoms with van der Waals surface area (Å²) in [4.78, 5) is 33.2. The second-order valence-electron chi connectivity index (χ2n) is 12.0. The van der Waals surface area contributed by atoms with Gasteiger partial charge < -0.3 is 14.6 Å². The molecule has 198 valence electrons. The molecule has 0 spiro atoms. The lowest BCUT2D eigenvalue weighted by molar-refractivity contribution is 0.0109. The van der Waals surface area contributed by atoms with Crippen LogP contribution in [0.4, 0.5) is 4.79 Å². The van der Waals surface area contributed by atoms with Crippen LogP contribution in [-0.4, -0.2) is 68.8 Å². The minimum atomic E-state index is -0.505. The van der Waals surface area contributed by atoms with Crippen LogP contribution in [0.2, 0.25) is 0 Å². The van der Waals surface area contributed by atoms with Crippen molar-refractivity contribution in [3.05, 3.63) is 41.1 Å². The summed E-state index contributed by atoms with van der Waals surface area (Å²) < 4.78 is 5.44. The fourth-order valence-electron chi connectivity index (χ4n) is 5.69. The van der Waals surface area contributed by atoms with Crippen molar-refractivity contribution in [1.29, 1.82) is 0 Å². The molecule has 3 heterocycles. The average Bonchev–Trinajstić information content (AvgIpc) is 3.45. The van der Waals surface area contributed by atoms with Gasteiger partial charge in [-0.1, -0.05) is 33.3 Å². The zero-order valence-corrected chi connectivity index (χ0v) is 22.7. The van der Waals surface area contributed by atoms with E-state index in [4.69, 9.17) is 4.74 Å². The van der Waals surface area contributed by atoms with E-state index in [1.807, 2.05) is 36.9 Å². The zero-order valence-electron chi connectivity index (χ0n) is 22.7. The highest BCUT2D eigenvalue weighted by Gasteiger charge is 2.39. The maximum Gasteiger partial charge on any atom is 0.410 e. The Morgan fingerprint density at radius 3 is 2.70 bits per heavy atom. The maximum atomic E-state index is 13.5. The molecule has 37 heavy (non-hydrogen) atoms. The molecule has 0 atom stereocenters. The van der Waals surface area contributed by atoms with E-state index in [-0.39, 0.29) is 12.0 Å². The van der Waals surface area contributed by atoms with Crippen LogP contribution in [0.15, 0.2) is 24.3 Å². The van der Waals surface area contributed by atoms with Gasteiger partial charge in [-0.25, -0.2) is 4.79 Å². The van der Waals surface area contributed by atoms with E-state index >= 15 is 0 Å². The number of nitrogens with zero attached hydrogens (tertiary/aromatic N) is 3. The average molecular weight is 506 g/mol. The van der Waals surface area contributed by atoms with E-state index in [0.29, 0.717) is 37.2 Å². The van der Waals surface area contributed by atoms with Crippen LogP contribution in [0, 0.1) is 5.41 Å². The minimum absolute atomic E-state index is 0.0236. The second-order valence-corrected chi connectivity index (χ2v) is 12.0. The number of H-pyrrole nitrogens is 2. The Bertz CT molecular complexity index is 1320. The number of fused-ring (bicyclic) bond motifs is 2. The number of carbonyl (C=O) groups is 2. The Labute approximate surface area is 218 Å². The number of carbonyl (C=O) groups excluding carboxylic acids is 2. The third kappa shape index (κ3) is 4.98. The van der Waals surface area contributed by atoms with E-state index in [1.54, 1.807) is 4.90 Å². The number of aromatic nitrogens is 3. The summed E-state index contributed by atoms with van der Waals surface area (Å²) in [5.41, 5.74) is 5.85. The maximum absolute atomic E-state index is 13.5. The fraction of sp³-hybridized carbons (Fsp3) is 0.552. The fourth-order valence-corrected chi connectivity index (χ4v) is 5.69. The molecular formula is C29H39N5O3. The van der Waals surface area contributed by atoms with Crippen LogP contribution in [0.1, 0.15) is 75.5 Å². The number of amides is 2. The molecule has 3 aromatic rings.